The van der Waals surface area contributed by atoms with Crippen molar-refractivity contribution in [2.75, 3.05) is 44.4 Å². The quantitative estimate of drug-likeness (QED) is 0.860. The minimum absolute atomic E-state index is 0.220. The molecule has 0 radical (unpaired) electrons. The minimum atomic E-state index is 0.220. The molecule has 1 unspecified atom stereocenters. The van der Waals surface area contributed by atoms with Gasteiger partial charge in [-0.25, -0.2) is 0 Å². The molecule has 1 saturated heterocycles. The maximum Gasteiger partial charge on any atom is 0.230 e. The van der Waals surface area contributed by atoms with E-state index < -0.39 is 0 Å². The molecular formula is C10H17ClN6. The van der Waals surface area contributed by atoms with Crippen LogP contribution in [0.3, 0.4) is 0 Å². The van der Waals surface area contributed by atoms with E-state index in [9.17, 15) is 0 Å². The third-order valence-electron chi connectivity index (χ3n) is 2.72. The van der Waals surface area contributed by atoms with E-state index in [2.05, 4.69) is 32.2 Å². The Morgan fingerprint density at radius 2 is 2.12 bits per heavy atom. The van der Waals surface area contributed by atoms with Crippen LogP contribution in [0.4, 0.5) is 11.9 Å². The molecule has 1 atom stereocenters. The molecule has 2 heterocycles. The molecule has 0 aromatic carbocycles. The normalized spacial score (nSPS) is 20.6. The van der Waals surface area contributed by atoms with Gasteiger partial charge in [-0.15, -0.1) is 0 Å². The summed E-state index contributed by atoms with van der Waals surface area (Å²) in [5.74, 6) is 1.12. The summed E-state index contributed by atoms with van der Waals surface area (Å²) < 4.78 is 0. The van der Waals surface area contributed by atoms with Crippen LogP contribution in [0.25, 0.3) is 0 Å². The Kier molecular flexibility index (Phi) is 3.63. The van der Waals surface area contributed by atoms with Crippen molar-refractivity contribution in [1.29, 1.82) is 0 Å². The van der Waals surface area contributed by atoms with Gasteiger partial charge >= 0.3 is 0 Å². The first-order chi connectivity index (χ1) is 8.04. The number of likely N-dealkylation sites (tertiary alicyclic amines) is 1. The maximum atomic E-state index is 5.87. The number of hydrogen-bond donors (Lipinski definition) is 1. The van der Waals surface area contributed by atoms with Gasteiger partial charge in [0.1, 0.15) is 0 Å². The Labute approximate surface area is 106 Å². The topological polar surface area (TPSA) is 57.2 Å². The Morgan fingerprint density at radius 1 is 1.35 bits per heavy atom. The van der Waals surface area contributed by atoms with E-state index >= 15 is 0 Å². The van der Waals surface area contributed by atoms with Crippen LogP contribution in [-0.4, -0.2) is 60.1 Å². The molecule has 17 heavy (non-hydrogen) atoms. The van der Waals surface area contributed by atoms with Crippen LogP contribution in [0.15, 0.2) is 0 Å². The van der Waals surface area contributed by atoms with E-state index in [1.165, 1.54) is 0 Å². The average molecular weight is 257 g/mol. The highest BCUT2D eigenvalue weighted by Gasteiger charge is 2.20. The fraction of sp³-hybridized carbons (Fsp3) is 0.700. The van der Waals surface area contributed by atoms with Crippen molar-refractivity contribution in [3.8, 4) is 0 Å². The fourth-order valence-electron chi connectivity index (χ4n) is 1.84. The molecule has 0 bridgehead atoms. The Balaban J connectivity index is 2.10. The van der Waals surface area contributed by atoms with Gasteiger partial charge in [0.05, 0.1) is 0 Å². The van der Waals surface area contributed by atoms with Crippen LogP contribution < -0.4 is 10.2 Å². The Hall–Kier alpha value is -1.14. The largest absolute Gasteiger partial charge is 0.350 e. The summed E-state index contributed by atoms with van der Waals surface area (Å²) in [5, 5.41) is 3.51. The van der Waals surface area contributed by atoms with Gasteiger partial charge in [-0.1, -0.05) is 0 Å². The molecule has 2 rings (SSSR count). The Bertz CT molecular complexity index is 396. The standard InChI is InChI=1S/C10H17ClN6/c1-16(2)10-14-8(11)13-9(15-10)12-7-4-5-17(3)6-7/h7H,4-6H2,1-3H3,(H,12,13,14,15). The monoisotopic (exact) mass is 256 g/mol. The molecule has 1 aliphatic rings. The number of halogens is 1. The minimum Gasteiger partial charge on any atom is -0.350 e. The molecule has 0 amide bonds. The highest BCUT2D eigenvalue weighted by molar-refractivity contribution is 6.28. The molecular weight excluding hydrogens is 240 g/mol. The van der Waals surface area contributed by atoms with E-state index in [1.54, 1.807) is 4.90 Å². The molecule has 1 fully saturated rings. The average Bonchev–Trinajstić information content (AvgIpc) is 2.63. The lowest BCUT2D eigenvalue weighted by atomic mass is 10.3. The van der Waals surface area contributed by atoms with E-state index in [-0.39, 0.29) is 5.28 Å². The predicted molar refractivity (Wildman–Crippen MR) is 68.7 cm³/mol. The van der Waals surface area contributed by atoms with Crippen molar-refractivity contribution in [3.63, 3.8) is 0 Å². The second kappa shape index (κ2) is 5.01. The van der Waals surface area contributed by atoms with Gasteiger partial charge < -0.3 is 15.1 Å². The zero-order chi connectivity index (χ0) is 12.4. The predicted octanol–water partition coefficient (Wildman–Crippen LogP) is 0.707. The van der Waals surface area contributed by atoms with Gasteiger partial charge in [0.15, 0.2) is 0 Å². The molecule has 0 aliphatic carbocycles. The molecule has 0 spiro atoms. The van der Waals surface area contributed by atoms with Gasteiger partial charge in [-0.05, 0) is 31.6 Å². The third-order valence-corrected chi connectivity index (χ3v) is 2.89. The number of rotatable bonds is 3. The second-order valence-corrected chi connectivity index (χ2v) is 4.85. The summed E-state index contributed by atoms with van der Waals surface area (Å²) >= 11 is 5.87. The molecule has 6 nitrogen and oxygen atoms in total. The van der Waals surface area contributed by atoms with Gasteiger partial charge in [-0.3, -0.25) is 0 Å². The van der Waals surface area contributed by atoms with Crippen molar-refractivity contribution in [1.82, 2.24) is 19.9 Å². The third kappa shape index (κ3) is 3.17. The summed E-state index contributed by atoms with van der Waals surface area (Å²) in [5.41, 5.74) is 0. The van der Waals surface area contributed by atoms with Crippen LogP contribution in [0, 0.1) is 0 Å². The van der Waals surface area contributed by atoms with Crippen molar-refractivity contribution >= 4 is 23.5 Å². The molecule has 1 aromatic heterocycles. The summed E-state index contributed by atoms with van der Waals surface area (Å²) in [7, 11) is 5.85. The van der Waals surface area contributed by atoms with Crippen LogP contribution in [0.5, 0.6) is 0 Å². The fourth-order valence-corrected chi connectivity index (χ4v) is 2.00. The zero-order valence-electron chi connectivity index (χ0n) is 10.3. The SMILES string of the molecule is CN1CCC(Nc2nc(Cl)nc(N(C)C)n2)C1. The second-order valence-electron chi connectivity index (χ2n) is 4.51. The van der Waals surface area contributed by atoms with Gasteiger partial charge in [0, 0.05) is 26.7 Å². The van der Waals surface area contributed by atoms with Crippen LogP contribution in [-0.2, 0) is 0 Å². The van der Waals surface area contributed by atoms with Gasteiger partial charge in [0.2, 0.25) is 17.2 Å². The summed E-state index contributed by atoms with van der Waals surface area (Å²) in [6.45, 7) is 2.09. The first-order valence-electron chi connectivity index (χ1n) is 5.58. The Morgan fingerprint density at radius 3 is 2.71 bits per heavy atom. The molecule has 1 aromatic rings. The maximum absolute atomic E-state index is 5.87. The number of nitrogens with zero attached hydrogens (tertiary/aromatic N) is 5. The first kappa shape index (κ1) is 12.3. The zero-order valence-corrected chi connectivity index (χ0v) is 11.1. The van der Waals surface area contributed by atoms with Crippen molar-refractivity contribution < 1.29 is 0 Å². The summed E-state index contributed by atoms with van der Waals surface area (Å²) in [6, 6.07) is 0.383. The van der Waals surface area contributed by atoms with Gasteiger partial charge in [0.25, 0.3) is 0 Å². The van der Waals surface area contributed by atoms with Crippen molar-refractivity contribution in [2.24, 2.45) is 0 Å². The molecule has 94 valence electrons. The van der Waals surface area contributed by atoms with E-state index in [1.807, 2.05) is 14.1 Å². The van der Waals surface area contributed by atoms with E-state index in [4.69, 9.17) is 11.6 Å². The van der Waals surface area contributed by atoms with Crippen molar-refractivity contribution in [2.45, 2.75) is 12.5 Å². The molecule has 0 saturated carbocycles. The lowest BCUT2D eigenvalue weighted by Gasteiger charge is -2.15. The van der Waals surface area contributed by atoms with Crippen LogP contribution in [0.1, 0.15) is 6.42 Å². The summed E-state index contributed by atoms with van der Waals surface area (Å²) in [6.07, 6.45) is 1.09. The highest BCUT2D eigenvalue weighted by atomic mass is 35.5. The number of likely N-dealkylation sites (N-methyl/N-ethyl adjacent to an activating group) is 1. The first-order valence-corrected chi connectivity index (χ1v) is 5.96. The van der Waals surface area contributed by atoms with Crippen LogP contribution in [0.2, 0.25) is 5.28 Å². The molecule has 1 aliphatic heterocycles. The molecule has 1 N–H and O–H groups in total. The lowest BCUT2D eigenvalue weighted by molar-refractivity contribution is 0.414. The summed E-state index contributed by atoms with van der Waals surface area (Å²) in [4.78, 5) is 16.5. The highest BCUT2D eigenvalue weighted by Crippen LogP contribution is 2.15. The number of aromatic nitrogens is 3. The van der Waals surface area contributed by atoms with E-state index in [0.717, 1.165) is 19.5 Å². The van der Waals surface area contributed by atoms with E-state index in [0.29, 0.717) is 17.9 Å². The lowest BCUT2D eigenvalue weighted by Crippen LogP contribution is -2.25. The van der Waals surface area contributed by atoms with Crippen molar-refractivity contribution in [3.05, 3.63) is 5.28 Å². The number of anilines is 2. The van der Waals surface area contributed by atoms with Gasteiger partial charge in [-0.2, -0.15) is 15.0 Å². The number of hydrogen-bond acceptors (Lipinski definition) is 6. The molecule has 7 heteroatoms. The number of nitrogens with one attached hydrogen (secondary N) is 1. The smallest absolute Gasteiger partial charge is 0.230 e. The van der Waals surface area contributed by atoms with Crippen LogP contribution >= 0.6 is 11.6 Å².